The summed E-state index contributed by atoms with van der Waals surface area (Å²) in [6.07, 6.45) is 0. The van der Waals surface area contributed by atoms with Gasteiger partial charge in [-0.15, -0.1) is 0 Å². The van der Waals surface area contributed by atoms with Gasteiger partial charge in [-0.3, -0.25) is 4.79 Å². The van der Waals surface area contributed by atoms with Crippen LogP contribution in [0.1, 0.15) is 93.6 Å². The van der Waals surface area contributed by atoms with E-state index >= 15 is 0 Å². The molecular weight excluding hydrogens is 556 g/mol. The minimum atomic E-state index is -4.08. The molecule has 1 aliphatic heterocycles. The lowest BCUT2D eigenvalue weighted by atomic mass is 9.86. The maximum atomic E-state index is 14.0. The molecule has 0 saturated carbocycles. The number of carbonyl (C=O) groups excluding carboxylic acids is 1. The number of sulfone groups is 1. The van der Waals surface area contributed by atoms with Gasteiger partial charge in [0.25, 0.3) is 5.91 Å². The molecule has 3 aromatic carbocycles. The van der Waals surface area contributed by atoms with Crippen LogP contribution in [-0.4, -0.2) is 27.6 Å². The fourth-order valence-corrected chi connectivity index (χ4v) is 8.36. The first-order chi connectivity index (χ1) is 18.6. The van der Waals surface area contributed by atoms with Gasteiger partial charge in [0.1, 0.15) is 0 Å². The molecule has 1 amide bonds. The van der Waals surface area contributed by atoms with Crippen LogP contribution >= 0.6 is 0 Å². The SMILES string of the molecule is CC(C)(C)c1ccc(CS(=O)(=O)c2cc(CN3C(=O)c4ccccc4C3(C)C)ccc2C(C)(C)C)cc1S(N)(=O)=O. The Kier molecular flexibility index (Phi) is 7.60. The van der Waals surface area contributed by atoms with Crippen molar-refractivity contribution in [2.45, 2.75) is 93.8 Å². The maximum Gasteiger partial charge on any atom is 0.255 e. The minimum Gasteiger partial charge on any atom is -0.325 e. The lowest BCUT2D eigenvalue weighted by Crippen LogP contribution is -2.38. The number of rotatable bonds is 6. The van der Waals surface area contributed by atoms with E-state index in [9.17, 15) is 21.6 Å². The predicted molar refractivity (Wildman–Crippen MR) is 162 cm³/mol. The molecule has 1 aliphatic rings. The van der Waals surface area contributed by atoms with E-state index in [1.54, 1.807) is 23.1 Å². The second-order valence-corrected chi connectivity index (χ2v) is 16.9. The largest absolute Gasteiger partial charge is 0.325 e. The van der Waals surface area contributed by atoms with E-state index in [1.165, 1.54) is 6.07 Å². The zero-order chi connectivity index (χ0) is 30.8. The average molecular weight is 597 g/mol. The molecule has 0 bridgehead atoms. The molecule has 0 fully saturated rings. The van der Waals surface area contributed by atoms with E-state index in [0.29, 0.717) is 27.8 Å². The number of benzene rings is 3. The molecule has 2 N–H and O–H groups in total. The Bertz CT molecular complexity index is 1740. The molecule has 0 aliphatic carbocycles. The fraction of sp³-hybridized carbons (Fsp3) is 0.406. The molecule has 220 valence electrons. The van der Waals surface area contributed by atoms with Gasteiger partial charge in [-0.05, 0) is 70.7 Å². The van der Waals surface area contributed by atoms with Gasteiger partial charge in [-0.1, -0.05) is 84.0 Å². The first kappa shape index (κ1) is 30.9. The number of amides is 1. The summed E-state index contributed by atoms with van der Waals surface area (Å²) >= 11 is 0. The molecule has 0 radical (unpaired) electrons. The Hall–Kier alpha value is -3.01. The quantitative estimate of drug-likeness (QED) is 0.387. The topological polar surface area (TPSA) is 115 Å². The average Bonchev–Trinajstić information content (AvgIpc) is 3.02. The molecule has 1 heterocycles. The molecule has 4 rings (SSSR count). The molecule has 0 unspecified atom stereocenters. The van der Waals surface area contributed by atoms with Gasteiger partial charge >= 0.3 is 0 Å². The van der Waals surface area contributed by atoms with E-state index in [0.717, 1.165) is 5.56 Å². The predicted octanol–water partition coefficient (Wildman–Crippen LogP) is 5.79. The van der Waals surface area contributed by atoms with E-state index in [4.69, 9.17) is 5.14 Å². The summed E-state index contributed by atoms with van der Waals surface area (Å²) < 4.78 is 52.9. The van der Waals surface area contributed by atoms with Crippen molar-refractivity contribution in [3.8, 4) is 0 Å². The number of hydrogen-bond donors (Lipinski definition) is 1. The Morgan fingerprint density at radius 3 is 1.80 bits per heavy atom. The molecule has 9 heteroatoms. The third-order valence-electron chi connectivity index (χ3n) is 7.78. The monoisotopic (exact) mass is 596 g/mol. The number of sulfonamides is 1. The second-order valence-electron chi connectivity index (χ2n) is 13.5. The Labute approximate surface area is 244 Å². The summed E-state index contributed by atoms with van der Waals surface area (Å²) in [4.78, 5) is 15.2. The van der Waals surface area contributed by atoms with Crippen LogP contribution in [0.15, 0.2) is 70.5 Å². The third-order valence-corrected chi connectivity index (χ3v) is 10.5. The number of nitrogens with zero attached hydrogens (tertiary/aromatic N) is 1. The van der Waals surface area contributed by atoms with Gasteiger partial charge < -0.3 is 4.90 Å². The Morgan fingerprint density at radius 2 is 1.27 bits per heavy atom. The highest BCUT2D eigenvalue weighted by molar-refractivity contribution is 7.90. The Morgan fingerprint density at radius 1 is 0.756 bits per heavy atom. The van der Waals surface area contributed by atoms with Crippen LogP contribution in [0.5, 0.6) is 0 Å². The van der Waals surface area contributed by atoms with E-state index in [-0.39, 0.29) is 22.2 Å². The minimum absolute atomic E-state index is 0.0724. The van der Waals surface area contributed by atoms with Crippen molar-refractivity contribution in [1.82, 2.24) is 4.90 Å². The zero-order valence-corrected chi connectivity index (χ0v) is 26.7. The van der Waals surface area contributed by atoms with Crippen molar-refractivity contribution < 1.29 is 21.6 Å². The molecular formula is C32H40N2O5S2. The number of hydrogen-bond acceptors (Lipinski definition) is 5. The molecule has 0 aromatic heterocycles. The van der Waals surface area contributed by atoms with Crippen LogP contribution in [0.2, 0.25) is 0 Å². The van der Waals surface area contributed by atoms with E-state index in [2.05, 4.69) is 0 Å². The van der Waals surface area contributed by atoms with Crippen molar-refractivity contribution in [2.75, 3.05) is 0 Å². The lowest BCUT2D eigenvalue weighted by molar-refractivity contribution is 0.0595. The van der Waals surface area contributed by atoms with Crippen LogP contribution < -0.4 is 5.14 Å². The highest BCUT2D eigenvalue weighted by atomic mass is 32.2. The second kappa shape index (κ2) is 10.1. The van der Waals surface area contributed by atoms with Gasteiger partial charge in [-0.2, -0.15) is 0 Å². The van der Waals surface area contributed by atoms with Crippen molar-refractivity contribution in [3.05, 3.63) is 94.0 Å². The number of fused-ring (bicyclic) bond motifs is 1. The highest BCUT2D eigenvalue weighted by Gasteiger charge is 2.42. The number of carbonyl (C=O) groups is 1. The van der Waals surface area contributed by atoms with Gasteiger partial charge in [-0.25, -0.2) is 22.0 Å². The van der Waals surface area contributed by atoms with Crippen molar-refractivity contribution in [1.29, 1.82) is 0 Å². The van der Waals surface area contributed by atoms with Crippen LogP contribution in [0.25, 0.3) is 0 Å². The standard InChI is InChI=1S/C32H40N2O5S2/c1-30(2,3)25-15-13-21(19-34-29(35)23-11-9-10-12-24(23)32(34,7)8)17-27(25)40(36,37)20-22-14-16-26(31(4,5)6)28(18-22)41(33,38)39/h9-18H,19-20H2,1-8H3,(H2,33,38,39). The van der Waals surface area contributed by atoms with Crippen molar-refractivity contribution in [2.24, 2.45) is 5.14 Å². The van der Waals surface area contributed by atoms with Crippen LogP contribution in [0.3, 0.4) is 0 Å². The zero-order valence-electron chi connectivity index (χ0n) is 25.1. The summed E-state index contributed by atoms with van der Waals surface area (Å²) in [6, 6.07) is 17.5. The lowest BCUT2D eigenvalue weighted by Gasteiger charge is -2.33. The first-order valence-electron chi connectivity index (χ1n) is 13.6. The first-order valence-corrected chi connectivity index (χ1v) is 16.8. The summed E-state index contributed by atoms with van der Waals surface area (Å²) in [7, 11) is -8.01. The smallest absolute Gasteiger partial charge is 0.255 e. The van der Waals surface area contributed by atoms with E-state index < -0.39 is 42.0 Å². The van der Waals surface area contributed by atoms with Gasteiger partial charge in [0.15, 0.2) is 9.84 Å². The number of primary sulfonamides is 1. The molecule has 41 heavy (non-hydrogen) atoms. The van der Waals surface area contributed by atoms with Crippen LogP contribution in [0.4, 0.5) is 0 Å². The van der Waals surface area contributed by atoms with Gasteiger partial charge in [0.05, 0.1) is 21.1 Å². The summed E-state index contributed by atoms with van der Waals surface area (Å²) in [5.74, 6) is -0.490. The highest BCUT2D eigenvalue weighted by Crippen LogP contribution is 2.40. The molecule has 7 nitrogen and oxygen atoms in total. The summed E-state index contributed by atoms with van der Waals surface area (Å²) in [6.45, 7) is 15.7. The van der Waals surface area contributed by atoms with Gasteiger partial charge in [0, 0.05) is 12.1 Å². The van der Waals surface area contributed by atoms with Crippen molar-refractivity contribution >= 4 is 25.8 Å². The third kappa shape index (κ3) is 5.98. The summed E-state index contributed by atoms with van der Waals surface area (Å²) in [5, 5.41) is 5.53. The van der Waals surface area contributed by atoms with Crippen molar-refractivity contribution in [3.63, 3.8) is 0 Å². The van der Waals surface area contributed by atoms with Gasteiger partial charge in [0.2, 0.25) is 10.0 Å². The normalized spacial score (nSPS) is 15.7. The molecule has 0 atom stereocenters. The van der Waals surface area contributed by atoms with Crippen LogP contribution in [0, 0.1) is 0 Å². The molecule has 0 spiro atoms. The molecule has 3 aromatic rings. The Balaban J connectivity index is 1.77. The maximum absolute atomic E-state index is 14.0. The fourth-order valence-electron chi connectivity index (χ4n) is 5.55. The number of nitrogens with two attached hydrogens (primary N) is 1. The van der Waals surface area contributed by atoms with E-state index in [1.807, 2.05) is 91.8 Å². The summed E-state index contributed by atoms with van der Waals surface area (Å²) in [5.41, 5.74) is 2.24. The molecule has 0 saturated heterocycles. The van der Waals surface area contributed by atoms with Crippen LogP contribution in [-0.2, 0) is 48.5 Å².